The van der Waals surface area contributed by atoms with E-state index in [1.807, 2.05) is 0 Å². The summed E-state index contributed by atoms with van der Waals surface area (Å²) < 4.78 is 0. The molecule has 2 rings (SSSR count). The Bertz CT molecular complexity index is 866. The molecule has 0 bridgehead atoms. The van der Waals surface area contributed by atoms with Gasteiger partial charge in [0.2, 0.25) is 0 Å². The van der Waals surface area contributed by atoms with Crippen LogP contribution in [-0.2, 0) is 0 Å². The summed E-state index contributed by atoms with van der Waals surface area (Å²) in [5.41, 5.74) is -3.91. The summed E-state index contributed by atoms with van der Waals surface area (Å²) in [5, 5.41) is 43.8. The maximum atomic E-state index is 11.3. The number of aromatic carboxylic acids is 4. The third-order valence-corrected chi connectivity index (χ3v) is 3.01. The zero-order chi connectivity index (χ0) is 16.6. The Kier molecular flexibility index (Phi) is 15.5. The first-order valence-corrected chi connectivity index (χ1v) is 5.70. The summed E-state index contributed by atoms with van der Waals surface area (Å²) in [5.74, 6) is -7.91. The largest absolute Gasteiger partial charge is 1.00 e. The van der Waals surface area contributed by atoms with E-state index in [0.717, 1.165) is 12.1 Å². The molecule has 2 aromatic rings. The molecular formula is C14H4Na4O8. The van der Waals surface area contributed by atoms with E-state index in [1.54, 1.807) is 0 Å². The van der Waals surface area contributed by atoms with Crippen LogP contribution in [0.5, 0.6) is 0 Å². The fraction of sp³-hybridized carbons (Fsp3) is 0. The molecule has 0 aliphatic heterocycles. The van der Waals surface area contributed by atoms with Crippen LogP contribution in [0.4, 0.5) is 0 Å². The number of carboxylic acids is 4. The first kappa shape index (κ1) is 31.3. The van der Waals surface area contributed by atoms with Crippen LogP contribution in [0, 0.1) is 0 Å². The Morgan fingerprint density at radius 3 is 1.46 bits per heavy atom. The van der Waals surface area contributed by atoms with E-state index in [1.165, 1.54) is 12.1 Å². The van der Waals surface area contributed by atoms with Gasteiger partial charge in [-0.2, -0.15) is 0 Å². The molecule has 8 nitrogen and oxygen atoms in total. The second kappa shape index (κ2) is 12.9. The van der Waals surface area contributed by atoms with Gasteiger partial charge in [-0.1, -0.05) is 18.2 Å². The maximum Gasteiger partial charge on any atom is 1.00 e. The van der Waals surface area contributed by atoms with Gasteiger partial charge in [-0.25, -0.2) is 0 Å². The van der Waals surface area contributed by atoms with Crippen LogP contribution in [0.3, 0.4) is 0 Å². The van der Waals surface area contributed by atoms with Crippen LogP contribution < -0.4 is 139 Å². The van der Waals surface area contributed by atoms with Gasteiger partial charge >= 0.3 is 118 Å². The molecule has 0 saturated carbocycles. The Morgan fingerprint density at radius 2 is 1.08 bits per heavy atom. The summed E-state index contributed by atoms with van der Waals surface area (Å²) >= 11 is 0. The first-order chi connectivity index (χ1) is 10.3. The summed E-state index contributed by atoms with van der Waals surface area (Å²) in [6.07, 6.45) is 0. The van der Waals surface area contributed by atoms with Crippen molar-refractivity contribution in [3.05, 3.63) is 46.5 Å². The summed E-state index contributed by atoms with van der Waals surface area (Å²) in [7, 11) is 0. The van der Waals surface area contributed by atoms with Crippen LogP contribution in [-0.4, -0.2) is 23.9 Å². The van der Waals surface area contributed by atoms with Gasteiger partial charge in [0.25, 0.3) is 0 Å². The molecule has 0 amide bonds. The second-order valence-corrected chi connectivity index (χ2v) is 4.23. The average Bonchev–Trinajstić information content (AvgIpc) is 2.43. The number of carbonyl (C=O) groups is 4. The van der Waals surface area contributed by atoms with Crippen molar-refractivity contribution in [2.75, 3.05) is 0 Å². The molecule has 0 unspecified atom stereocenters. The SMILES string of the molecule is O=C([O-])c1cc2cccc(C(=O)[O-])c2c(C(=O)[O-])c1C(=O)[O-].[Na+].[Na+].[Na+].[Na+]. The Hall–Kier alpha value is 0.580. The van der Waals surface area contributed by atoms with E-state index in [2.05, 4.69) is 0 Å². The molecule has 0 aromatic heterocycles. The molecule has 12 heteroatoms. The Balaban J connectivity index is -0.00000132. The summed E-state index contributed by atoms with van der Waals surface area (Å²) in [6, 6.07) is 4.19. The number of benzene rings is 2. The number of carboxylic acid groups (broad SMARTS) is 4. The van der Waals surface area contributed by atoms with Gasteiger partial charge in [0.1, 0.15) is 0 Å². The van der Waals surface area contributed by atoms with Crippen molar-refractivity contribution in [3.63, 3.8) is 0 Å². The first-order valence-electron chi connectivity index (χ1n) is 5.70. The zero-order valence-electron chi connectivity index (χ0n) is 14.6. The minimum atomic E-state index is -2.12. The zero-order valence-corrected chi connectivity index (χ0v) is 22.6. The third-order valence-electron chi connectivity index (χ3n) is 3.01. The van der Waals surface area contributed by atoms with E-state index in [4.69, 9.17) is 0 Å². The molecular weight excluding hydrogens is 388 g/mol. The third kappa shape index (κ3) is 6.30. The van der Waals surface area contributed by atoms with Crippen LogP contribution in [0.2, 0.25) is 0 Å². The van der Waals surface area contributed by atoms with Crippen molar-refractivity contribution in [1.82, 2.24) is 0 Å². The van der Waals surface area contributed by atoms with Crippen LogP contribution in [0.15, 0.2) is 24.3 Å². The molecule has 0 N–H and O–H groups in total. The molecule has 112 valence electrons. The van der Waals surface area contributed by atoms with Crippen LogP contribution in [0.1, 0.15) is 41.4 Å². The molecule has 0 aliphatic rings. The number of hydrogen-bond donors (Lipinski definition) is 0. The molecule has 0 radical (unpaired) electrons. The maximum absolute atomic E-state index is 11.3. The van der Waals surface area contributed by atoms with Crippen LogP contribution >= 0.6 is 0 Å². The predicted octanol–water partition coefficient (Wildman–Crippen LogP) is -15.7. The summed E-state index contributed by atoms with van der Waals surface area (Å²) in [6.45, 7) is 0. The van der Waals surface area contributed by atoms with Gasteiger partial charge in [-0.15, -0.1) is 0 Å². The van der Waals surface area contributed by atoms with Crippen molar-refractivity contribution in [3.8, 4) is 0 Å². The Morgan fingerprint density at radius 1 is 0.615 bits per heavy atom. The number of fused-ring (bicyclic) bond motifs is 1. The fourth-order valence-electron chi connectivity index (χ4n) is 2.20. The fourth-order valence-corrected chi connectivity index (χ4v) is 2.20. The van der Waals surface area contributed by atoms with Gasteiger partial charge in [0, 0.05) is 27.6 Å². The van der Waals surface area contributed by atoms with Crippen LogP contribution in [0.25, 0.3) is 10.8 Å². The predicted molar refractivity (Wildman–Crippen MR) is 61.3 cm³/mol. The quantitative estimate of drug-likeness (QED) is 0.464. The van der Waals surface area contributed by atoms with Gasteiger partial charge in [0.05, 0.1) is 23.9 Å². The molecule has 26 heavy (non-hydrogen) atoms. The van der Waals surface area contributed by atoms with Gasteiger partial charge in [-0.3, -0.25) is 0 Å². The Labute approximate surface area is 235 Å². The molecule has 2 aromatic carbocycles. The molecule has 0 fully saturated rings. The van der Waals surface area contributed by atoms with Crippen molar-refractivity contribution in [2.24, 2.45) is 0 Å². The smallest absolute Gasteiger partial charge is 0.545 e. The minimum Gasteiger partial charge on any atom is -0.545 e. The van der Waals surface area contributed by atoms with E-state index >= 15 is 0 Å². The van der Waals surface area contributed by atoms with E-state index in [9.17, 15) is 39.6 Å². The number of rotatable bonds is 4. The average molecular weight is 392 g/mol. The second-order valence-electron chi connectivity index (χ2n) is 4.23. The number of carbonyl (C=O) groups excluding carboxylic acids is 4. The van der Waals surface area contributed by atoms with E-state index in [-0.39, 0.29) is 124 Å². The summed E-state index contributed by atoms with van der Waals surface area (Å²) in [4.78, 5) is 44.5. The molecule has 0 heterocycles. The van der Waals surface area contributed by atoms with Crippen molar-refractivity contribution >= 4 is 34.6 Å². The van der Waals surface area contributed by atoms with E-state index < -0.39 is 51.5 Å². The molecule has 0 spiro atoms. The van der Waals surface area contributed by atoms with Gasteiger partial charge in [0.15, 0.2) is 0 Å². The number of hydrogen-bond acceptors (Lipinski definition) is 8. The monoisotopic (exact) mass is 392 g/mol. The van der Waals surface area contributed by atoms with Crippen molar-refractivity contribution in [2.45, 2.75) is 0 Å². The molecule has 0 aliphatic carbocycles. The van der Waals surface area contributed by atoms with Crippen molar-refractivity contribution < 1.29 is 158 Å². The van der Waals surface area contributed by atoms with Crippen molar-refractivity contribution in [1.29, 1.82) is 0 Å². The normalized spacial score (nSPS) is 8.77. The minimum absolute atomic E-state index is 0. The molecule has 0 atom stereocenters. The topological polar surface area (TPSA) is 161 Å². The van der Waals surface area contributed by atoms with Gasteiger partial charge < -0.3 is 39.6 Å². The standard InChI is InChI=1S/C14H8O8.4Na/c15-11(16)6-3-1-2-5-4-7(12(17)18)9(13(19)20)10(8(5)6)14(21)22;;;;/h1-4H,(H,15,16)(H,17,18)(H,19,20)(H,21,22);;;;/q;4*+1/p-4. The van der Waals surface area contributed by atoms with E-state index in [0.29, 0.717) is 0 Å². The van der Waals surface area contributed by atoms with Gasteiger partial charge in [-0.05, 0) is 11.5 Å². The molecule has 0 saturated heterocycles.